The number of anilines is 1. The van der Waals surface area contributed by atoms with E-state index in [1.165, 1.54) is 41.3 Å². The number of nitrogens with one attached hydrogen (secondary N) is 2. The van der Waals surface area contributed by atoms with Gasteiger partial charge in [0.1, 0.15) is 16.5 Å². The van der Waals surface area contributed by atoms with Gasteiger partial charge in [-0.15, -0.1) is 23.1 Å². The summed E-state index contributed by atoms with van der Waals surface area (Å²) < 4.78 is 13.2. The van der Waals surface area contributed by atoms with Gasteiger partial charge in [0, 0.05) is 16.6 Å². The first kappa shape index (κ1) is 19.4. The van der Waals surface area contributed by atoms with Crippen LogP contribution in [0.2, 0.25) is 0 Å². The van der Waals surface area contributed by atoms with E-state index in [9.17, 15) is 14.0 Å². The van der Waals surface area contributed by atoms with E-state index < -0.39 is 5.82 Å². The minimum absolute atomic E-state index is 0.165. The van der Waals surface area contributed by atoms with Crippen LogP contribution >= 0.6 is 23.1 Å². The Balaban J connectivity index is 1.43. The first-order valence-corrected chi connectivity index (χ1v) is 10.8. The van der Waals surface area contributed by atoms with Gasteiger partial charge in [-0.25, -0.2) is 9.37 Å². The van der Waals surface area contributed by atoms with Crippen LogP contribution in [0.4, 0.5) is 10.1 Å². The molecule has 0 saturated heterocycles. The molecular formula is C21H16FN3O2S2. The fourth-order valence-electron chi connectivity index (χ4n) is 2.90. The van der Waals surface area contributed by atoms with Crippen LogP contribution in [0.5, 0.6) is 0 Å². The summed E-state index contributed by atoms with van der Waals surface area (Å²) in [5, 5.41) is 5.16. The monoisotopic (exact) mass is 425 g/mol. The number of nitrogens with zero attached hydrogens (tertiary/aromatic N) is 1. The molecule has 0 atom stereocenters. The molecule has 0 bridgehead atoms. The summed E-state index contributed by atoms with van der Waals surface area (Å²) in [6.45, 7) is 0. The highest BCUT2D eigenvalue weighted by molar-refractivity contribution is 7.99. The molecule has 5 nitrogen and oxygen atoms in total. The predicted molar refractivity (Wildman–Crippen MR) is 117 cm³/mol. The van der Waals surface area contributed by atoms with Gasteiger partial charge in [-0.3, -0.25) is 9.59 Å². The van der Waals surface area contributed by atoms with Crippen molar-refractivity contribution < 1.29 is 9.18 Å². The molecule has 4 rings (SSSR count). The average molecular weight is 426 g/mol. The highest BCUT2D eigenvalue weighted by Gasteiger charge is 2.13. The summed E-state index contributed by atoms with van der Waals surface area (Å²) >= 11 is 2.75. The lowest BCUT2D eigenvalue weighted by Gasteiger charge is -2.05. The number of H-pyrrole nitrogens is 1. The first-order chi connectivity index (χ1) is 14.1. The van der Waals surface area contributed by atoms with E-state index >= 15 is 0 Å². The zero-order chi connectivity index (χ0) is 20.2. The SMILES string of the molecule is O=C(CSCc1nc2scc(-c3ccccc3)c2c(=O)[nH]1)Nc1cccc(F)c1. The fourth-order valence-corrected chi connectivity index (χ4v) is 4.55. The molecule has 0 saturated carbocycles. The van der Waals surface area contributed by atoms with Crippen LogP contribution in [0.3, 0.4) is 0 Å². The van der Waals surface area contributed by atoms with Gasteiger partial charge >= 0.3 is 0 Å². The lowest BCUT2D eigenvalue weighted by molar-refractivity contribution is -0.113. The number of carbonyl (C=O) groups excluding carboxylic acids is 1. The van der Waals surface area contributed by atoms with Gasteiger partial charge in [-0.1, -0.05) is 36.4 Å². The van der Waals surface area contributed by atoms with Crippen molar-refractivity contribution in [2.24, 2.45) is 0 Å². The number of hydrogen-bond donors (Lipinski definition) is 2. The lowest BCUT2D eigenvalue weighted by Crippen LogP contribution is -2.15. The Kier molecular flexibility index (Phi) is 5.73. The molecule has 2 aromatic heterocycles. The number of carbonyl (C=O) groups is 1. The molecular weight excluding hydrogens is 409 g/mol. The number of halogens is 1. The molecule has 0 spiro atoms. The third-order valence-corrected chi connectivity index (χ3v) is 5.97. The van der Waals surface area contributed by atoms with Crippen molar-refractivity contribution in [2.45, 2.75) is 5.75 Å². The Labute approximate surface area is 174 Å². The van der Waals surface area contributed by atoms with Gasteiger partial charge in [-0.05, 0) is 23.8 Å². The minimum Gasteiger partial charge on any atom is -0.325 e. The minimum atomic E-state index is -0.406. The van der Waals surface area contributed by atoms with Gasteiger partial charge in [0.2, 0.25) is 5.91 Å². The van der Waals surface area contributed by atoms with E-state index in [0.717, 1.165) is 11.1 Å². The summed E-state index contributed by atoms with van der Waals surface area (Å²) in [7, 11) is 0. The summed E-state index contributed by atoms with van der Waals surface area (Å²) in [5.41, 5.74) is 2.07. The van der Waals surface area contributed by atoms with Crippen molar-refractivity contribution in [1.82, 2.24) is 9.97 Å². The smallest absolute Gasteiger partial charge is 0.260 e. The van der Waals surface area contributed by atoms with E-state index in [-0.39, 0.29) is 17.2 Å². The quantitative estimate of drug-likeness (QED) is 0.471. The van der Waals surface area contributed by atoms with E-state index in [4.69, 9.17) is 0 Å². The third kappa shape index (κ3) is 4.55. The van der Waals surface area contributed by atoms with E-state index in [1.54, 1.807) is 6.07 Å². The van der Waals surface area contributed by atoms with Crippen LogP contribution in [0, 0.1) is 5.82 Å². The summed E-state index contributed by atoms with van der Waals surface area (Å²) in [6.07, 6.45) is 0. The van der Waals surface area contributed by atoms with Crippen molar-refractivity contribution in [3.63, 3.8) is 0 Å². The number of hydrogen-bond acceptors (Lipinski definition) is 5. The maximum atomic E-state index is 13.2. The molecule has 0 fully saturated rings. The normalized spacial score (nSPS) is 10.9. The topological polar surface area (TPSA) is 74.8 Å². The van der Waals surface area contributed by atoms with Gasteiger partial charge in [0.15, 0.2) is 0 Å². The summed E-state index contributed by atoms with van der Waals surface area (Å²) in [4.78, 5) is 32.6. The molecule has 4 aromatic rings. The van der Waals surface area contributed by atoms with Crippen LogP contribution in [0.15, 0.2) is 64.8 Å². The maximum absolute atomic E-state index is 13.2. The van der Waals surface area contributed by atoms with Crippen molar-refractivity contribution in [1.29, 1.82) is 0 Å². The van der Waals surface area contributed by atoms with Gasteiger partial charge in [-0.2, -0.15) is 0 Å². The molecule has 0 aliphatic rings. The molecule has 29 heavy (non-hydrogen) atoms. The standard InChI is InChI=1S/C21H16FN3O2S2/c22-14-7-4-8-15(9-14)23-18(26)12-28-11-17-24-20(27)19-16(10-29-21(19)25-17)13-5-2-1-3-6-13/h1-10H,11-12H2,(H,23,26)(H,24,25,27). The molecule has 0 radical (unpaired) electrons. The molecule has 2 heterocycles. The van der Waals surface area contributed by atoms with Gasteiger partial charge in [0.05, 0.1) is 16.9 Å². The first-order valence-electron chi connectivity index (χ1n) is 8.79. The zero-order valence-electron chi connectivity index (χ0n) is 15.1. The highest BCUT2D eigenvalue weighted by atomic mass is 32.2. The average Bonchev–Trinajstić information content (AvgIpc) is 3.13. The predicted octanol–water partition coefficient (Wildman–Crippen LogP) is 4.66. The second-order valence-corrected chi connectivity index (χ2v) is 8.10. The van der Waals surface area contributed by atoms with Crippen molar-refractivity contribution in [2.75, 3.05) is 11.1 Å². The van der Waals surface area contributed by atoms with Crippen LogP contribution < -0.4 is 10.9 Å². The van der Waals surface area contributed by atoms with Crippen molar-refractivity contribution >= 4 is 44.9 Å². The number of thioether (sulfide) groups is 1. The molecule has 8 heteroatoms. The molecule has 2 aromatic carbocycles. The van der Waals surface area contributed by atoms with Crippen LogP contribution in [0.1, 0.15) is 5.82 Å². The summed E-state index contributed by atoms with van der Waals surface area (Å²) in [6, 6.07) is 15.4. The highest BCUT2D eigenvalue weighted by Crippen LogP contribution is 2.30. The lowest BCUT2D eigenvalue weighted by atomic mass is 10.1. The van der Waals surface area contributed by atoms with Crippen molar-refractivity contribution in [3.8, 4) is 11.1 Å². The van der Waals surface area contributed by atoms with Gasteiger partial charge < -0.3 is 10.3 Å². The Hall–Kier alpha value is -2.97. The second kappa shape index (κ2) is 8.59. The van der Waals surface area contributed by atoms with E-state index in [1.807, 2.05) is 35.7 Å². The molecule has 1 amide bonds. The number of aromatic nitrogens is 2. The Morgan fingerprint density at radius 3 is 2.79 bits per heavy atom. The second-order valence-electron chi connectivity index (χ2n) is 6.26. The van der Waals surface area contributed by atoms with Crippen molar-refractivity contribution in [3.05, 3.63) is 82.0 Å². The number of aromatic amines is 1. The Bertz CT molecular complexity index is 1220. The molecule has 0 aliphatic carbocycles. The largest absolute Gasteiger partial charge is 0.325 e. The molecule has 2 N–H and O–H groups in total. The number of rotatable bonds is 6. The van der Waals surface area contributed by atoms with Gasteiger partial charge in [0.25, 0.3) is 5.56 Å². The number of fused-ring (bicyclic) bond motifs is 1. The van der Waals surface area contributed by atoms with E-state index in [2.05, 4.69) is 15.3 Å². The molecule has 0 aliphatic heterocycles. The summed E-state index contributed by atoms with van der Waals surface area (Å²) in [5.74, 6) is 0.425. The Morgan fingerprint density at radius 1 is 1.17 bits per heavy atom. The van der Waals surface area contributed by atoms with E-state index in [0.29, 0.717) is 27.5 Å². The third-order valence-electron chi connectivity index (χ3n) is 4.16. The van der Waals surface area contributed by atoms with Crippen LogP contribution in [-0.2, 0) is 10.5 Å². The molecule has 0 unspecified atom stereocenters. The molecule has 146 valence electrons. The number of thiophene rings is 1. The van der Waals surface area contributed by atoms with Crippen LogP contribution in [-0.4, -0.2) is 21.6 Å². The van der Waals surface area contributed by atoms with Crippen LogP contribution in [0.25, 0.3) is 21.3 Å². The fraction of sp³-hybridized carbons (Fsp3) is 0.0952. The Morgan fingerprint density at radius 2 is 2.00 bits per heavy atom. The maximum Gasteiger partial charge on any atom is 0.260 e. The number of benzene rings is 2. The zero-order valence-corrected chi connectivity index (χ0v) is 16.8. The number of amides is 1.